The first-order valence-corrected chi connectivity index (χ1v) is 9.42. The maximum atomic E-state index is 11.8. The van der Waals surface area contributed by atoms with E-state index in [1.54, 1.807) is 12.1 Å². The van der Waals surface area contributed by atoms with Crippen molar-refractivity contribution in [2.45, 2.75) is 24.7 Å². The maximum absolute atomic E-state index is 11.8. The molecule has 1 aliphatic rings. The quantitative estimate of drug-likeness (QED) is 0.853. The lowest BCUT2D eigenvalue weighted by molar-refractivity contribution is -0.117. The van der Waals surface area contributed by atoms with Gasteiger partial charge in [0, 0.05) is 12.7 Å². The fraction of sp³-hybridized carbons (Fsp3) is 0.312. The van der Waals surface area contributed by atoms with Crippen molar-refractivity contribution in [2.24, 2.45) is 4.99 Å². The molecule has 24 heavy (non-hydrogen) atoms. The van der Waals surface area contributed by atoms with Crippen LogP contribution in [0.5, 0.6) is 5.75 Å². The van der Waals surface area contributed by atoms with E-state index in [1.165, 1.54) is 12.1 Å². The van der Waals surface area contributed by atoms with Crippen molar-refractivity contribution in [3.63, 3.8) is 0 Å². The first-order chi connectivity index (χ1) is 11.4. The minimum Gasteiger partial charge on any atom is -0.493 e. The lowest BCUT2D eigenvalue weighted by Gasteiger charge is -2.11. The Morgan fingerprint density at radius 3 is 2.83 bits per heavy atom. The zero-order chi connectivity index (χ0) is 17.3. The third-order valence-electron chi connectivity index (χ3n) is 3.52. The molecule has 0 unspecified atom stereocenters. The maximum Gasteiger partial charge on any atom is 0.251 e. The molecule has 7 nitrogen and oxygen atoms in total. The van der Waals surface area contributed by atoms with Gasteiger partial charge in [-0.1, -0.05) is 6.92 Å². The molecule has 8 heteroatoms. The van der Waals surface area contributed by atoms with Gasteiger partial charge in [-0.3, -0.25) is 4.79 Å². The fourth-order valence-electron chi connectivity index (χ4n) is 2.35. The average molecular weight is 347 g/mol. The Bertz CT molecular complexity index is 1020. The van der Waals surface area contributed by atoms with Gasteiger partial charge in [0.25, 0.3) is 5.91 Å². The molecule has 1 aliphatic heterocycles. The van der Waals surface area contributed by atoms with Crippen LogP contribution in [-0.2, 0) is 14.6 Å². The second-order valence-corrected chi connectivity index (χ2v) is 7.53. The van der Waals surface area contributed by atoms with Crippen molar-refractivity contribution < 1.29 is 17.9 Å². The van der Waals surface area contributed by atoms with E-state index in [-0.39, 0.29) is 17.2 Å². The number of benzene rings is 1. The molecule has 0 atom stereocenters. The number of carbonyl (C=O) groups excluding carboxylic acids is 1. The van der Waals surface area contributed by atoms with Crippen LogP contribution >= 0.6 is 0 Å². The summed E-state index contributed by atoms with van der Waals surface area (Å²) in [5.74, 6) is 0.675. The summed E-state index contributed by atoms with van der Waals surface area (Å²) in [7, 11) is -3.34. The average Bonchev–Trinajstić information content (AvgIpc) is 2.94. The largest absolute Gasteiger partial charge is 0.493 e. The van der Waals surface area contributed by atoms with Crippen LogP contribution in [0.25, 0.3) is 17.5 Å². The normalized spacial score (nSPS) is 13.8. The van der Waals surface area contributed by atoms with Gasteiger partial charge in [-0.25, -0.2) is 13.4 Å². The van der Waals surface area contributed by atoms with Crippen LogP contribution < -0.4 is 15.6 Å². The van der Waals surface area contributed by atoms with Gasteiger partial charge in [0.15, 0.2) is 15.3 Å². The summed E-state index contributed by atoms with van der Waals surface area (Å²) in [6, 6.07) is 4.65. The molecule has 0 aliphatic carbocycles. The Labute approximate surface area is 139 Å². The fourth-order valence-corrected chi connectivity index (χ4v) is 2.98. The number of H-pyrrole nitrogens is 1. The molecule has 0 fully saturated rings. The molecule has 1 aromatic carbocycles. The van der Waals surface area contributed by atoms with Gasteiger partial charge < -0.3 is 9.72 Å². The second kappa shape index (κ2) is 6.20. The highest BCUT2D eigenvalue weighted by Gasteiger charge is 2.16. The number of hydrogen-bond acceptors (Lipinski definition) is 5. The summed E-state index contributed by atoms with van der Waals surface area (Å²) >= 11 is 0. The number of sulfone groups is 1. The molecule has 2 aromatic rings. The smallest absolute Gasteiger partial charge is 0.251 e. The molecule has 0 saturated heterocycles. The van der Waals surface area contributed by atoms with Gasteiger partial charge in [-0.15, -0.1) is 0 Å². The minimum absolute atomic E-state index is 0.181. The van der Waals surface area contributed by atoms with Gasteiger partial charge in [0.05, 0.1) is 22.4 Å². The van der Waals surface area contributed by atoms with Crippen molar-refractivity contribution >= 4 is 21.8 Å². The topological polar surface area (TPSA) is 101 Å². The molecule has 1 aromatic heterocycles. The molecular formula is C16H17N3O4S. The molecule has 3 rings (SSSR count). The van der Waals surface area contributed by atoms with Gasteiger partial charge >= 0.3 is 0 Å². The number of aromatic amines is 1. The predicted molar refractivity (Wildman–Crippen MR) is 87.8 cm³/mol. The summed E-state index contributed by atoms with van der Waals surface area (Å²) in [4.78, 5) is 22.9. The Hall–Kier alpha value is -2.48. The molecular weight excluding hydrogens is 330 g/mol. The number of carbonyl (C=O) groups is 1. The van der Waals surface area contributed by atoms with Crippen molar-refractivity contribution in [2.75, 3.05) is 12.9 Å². The van der Waals surface area contributed by atoms with E-state index in [2.05, 4.69) is 15.0 Å². The van der Waals surface area contributed by atoms with Crippen molar-refractivity contribution in [3.05, 3.63) is 29.0 Å². The van der Waals surface area contributed by atoms with Crippen molar-refractivity contribution in [1.29, 1.82) is 0 Å². The van der Waals surface area contributed by atoms with E-state index in [4.69, 9.17) is 4.74 Å². The first-order valence-electron chi connectivity index (χ1n) is 7.53. The molecule has 0 bridgehead atoms. The van der Waals surface area contributed by atoms with Crippen LogP contribution in [0.1, 0.15) is 19.8 Å². The zero-order valence-electron chi connectivity index (χ0n) is 13.4. The number of amides is 1. The summed E-state index contributed by atoms with van der Waals surface area (Å²) in [5.41, 5.74) is 0.969. The number of hydrogen-bond donors (Lipinski definition) is 1. The van der Waals surface area contributed by atoms with Crippen molar-refractivity contribution in [1.82, 2.24) is 9.97 Å². The highest BCUT2D eigenvalue weighted by Crippen LogP contribution is 2.29. The number of nitrogens with one attached hydrogen (secondary N) is 1. The van der Waals surface area contributed by atoms with E-state index >= 15 is 0 Å². The second-order valence-electron chi connectivity index (χ2n) is 5.52. The molecule has 0 radical (unpaired) electrons. The Morgan fingerprint density at radius 2 is 2.12 bits per heavy atom. The first kappa shape index (κ1) is 16.4. The van der Waals surface area contributed by atoms with Crippen LogP contribution in [-0.4, -0.2) is 37.2 Å². The lowest BCUT2D eigenvalue weighted by atomic mass is 10.2. The van der Waals surface area contributed by atoms with E-state index in [0.717, 1.165) is 12.7 Å². The van der Waals surface area contributed by atoms with Gasteiger partial charge in [-0.05, 0) is 30.7 Å². The summed E-state index contributed by atoms with van der Waals surface area (Å²) in [6.07, 6.45) is 3.91. The molecule has 126 valence electrons. The van der Waals surface area contributed by atoms with Gasteiger partial charge in [0.1, 0.15) is 11.6 Å². The molecule has 0 spiro atoms. The molecule has 1 amide bonds. The van der Waals surface area contributed by atoms with Crippen LogP contribution in [0.15, 0.2) is 28.1 Å². The van der Waals surface area contributed by atoms with Crippen LogP contribution in [0, 0.1) is 0 Å². The molecule has 1 N–H and O–H groups in total. The van der Waals surface area contributed by atoms with E-state index < -0.39 is 9.84 Å². The molecule has 0 saturated carbocycles. The standard InChI is InChI=1S/C16H17N3O4S/c1-3-8-23-13-9-10(24(2,21)22)4-5-11(13)15-17-12-6-7-14(20)18-16(12)19-15/h4-6,9H,3,7-8H2,1-2H3,(H,17,18,19,20). The summed E-state index contributed by atoms with van der Waals surface area (Å²) in [6.45, 7) is 2.42. The third-order valence-corrected chi connectivity index (χ3v) is 4.63. The SMILES string of the molecule is CCCOc1cc(S(C)(=O)=O)ccc1-c1nc2c([nH]1)=CCC(=O)N=2. The predicted octanol–water partition coefficient (Wildman–Crippen LogP) is 0.599. The van der Waals surface area contributed by atoms with Gasteiger partial charge in [-0.2, -0.15) is 4.99 Å². The number of rotatable bonds is 5. The van der Waals surface area contributed by atoms with Crippen LogP contribution in [0.2, 0.25) is 0 Å². The number of nitrogens with zero attached hydrogens (tertiary/aromatic N) is 2. The summed E-state index contributed by atoms with van der Waals surface area (Å²) in [5, 5.41) is 0.679. The summed E-state index contributed by atoms with van der Waals surface area (Å²) < 4.78 is 29.2. The minimum atomic E-state index is -3.34. The van der Waals surface area contributed by atoms with E-state index in [9.17, 15) is 13.2 Å². The van der Waals surface area contributed by atoms with Crippen LogP contribution in [0.4, 0.5) is 0 Å². The highest BCUT2D eigenvalue weighted by atomic mass is 32.2. The number of fused-ring (bicyclic) bond motifs is 1. The molecule has 2 heterocycles. The monoisotopic (exact) mass is 347 g/mol. The Balaban J connectivity index is 2.14. The van der Waals surface area contributed by atoms with Crippen LogP contribution in [0.3, 0.4) is 0 Å². The van der Waals surface area contributed by atoms with E-state index in [0.29, 0.717) is 34.6 Å². The van der Waals surface area contributed by atoms with E-state index in [1.807, 2.05) is 6.92 Å². The number of imidazole rings is 1. The zero-order valence-corrected chi connectivity index (χ0v) is 14.2. The third kappa shape index (κ3) is 3.23. The number of ether oxygens (including phenoxy) is 1. The Kier molecular flexibility index (Phi) is 4.23. The Morgan fingerprint density at radius 1 is 1.33 bits per heavy atom. The van der Waals surface area contributed by atoms with Gasteiger partial charge in [0.2, 0.25) is 0 Å². The number of aromatic nitrogens is 2. The highest BCUT2D eigenvalue weighted by molar-refractivity contribution is 7.90. The lowest BCUT2D eigenvalue weighted by Crippen LogP contribution is -2.29. The van der Waals surface area contributed by atoms with Crippen molar-refractivity contribution in [3.8, 4) is 17.1 Å².